The van der Waals surface area contributed by atoms with E-state index in [1.54, 1.807) is 5.57 Å². The molecule has 3 fully saturated rings. The Kier molecular flexibility index (Phi) is 11.7. The van der Waals surface area contributed by atoms with Gasteiger partial charge in [0.25, 0.3) is 0 Å². The lowest BCUT2D eigenvalue weighted by Crippen LogP contribution is -2.42. The van der Waals surface area contributed by atoms with Crippen molar-refractivity contribution in [3.63, 3.8) is 0 Å². The van der Waals surface area contributed by atoms with E-state index in [-0.39, 0.29) is 23.9 Å². The molecule has 0 aliphatic heterocycles. The van der Waals surface area contributed by atoms with Crippen LogP contribution < -0.4 is 0 Å². The Hall–Kier alpha value is -0.289. The number of allylic oxidation sites excluding steroid dienone is 3. The van der Waals surface area contributed by atoms with E-state index in [4.69, 9.17) is 18.0 Å². The Balaban J connectivity index is 1.73. The third kappa shape index (κ3) is 10.4. The maximum atomic E-state index is 6.65. The molecule has 0 aromatic heterocycles. The molecule has 3 aliphatic carbocycles. The zero-order valence-corrected chi connectivity index (χ0v) is 32.7. The molecular weight excluding hydrogens is 569 g/mol. The van der Waals surface area contributed by atoms with Crippen molar-refractivity contribution < 1.29 is 18.0 Å². The molecule has 0 radical (unpaired) electrons. The first-order chi connectivity index (χ1) is 19.1. The van der Waals surface area contributed by atoms with Gasteiger partial charge in [-0.05, 0) is 153 Å². The second-order valence-electron chi connectivity index (χ2n) is 17.4. The summed E-state index contributed by atoms with van der Waals surface area (Å²) >= 11 is 0. The topological polar surface area (TPSA) is 36.9 Å². The average Bonchev–Trinajstić information content (AvgIpc) is 3.14. The maximum absolute atomic E-state index is 6.65. The summed E-state index contributed by atoms with van der Waals surface area (Å²) in [6.07, 6.45) is 14.6. The van der Waals surface area contributed by atoms with Crippen molar-refractivity contribution >= 4 is 25.0 Å². The van der Waals surface area contributed by atoms with E-state index in [0.29, 0.717) is 17.3 Å². The van der Waals surface area contributed by atoms with Gasteiger partial charge < -0.3 is 18.0 Å². The molecule has 0 saturated heterocycles. The van der Waals surface area contributed by atoms with Gasteiger partial charge in [0.2, 0.25) is 0 Å². The Morgan fingerprint density at radius 3 is 2.19 bits per heavy atom. The normalized spacial score (nSPS) is 32.5. The summed E-state index contributed by atoms with van der Waals surface area (Å²) in [6, 6.07) is 0. The van der Waals surface area contributed by atoms with Crippen molar-refractivity contribution in [1.29, 1.82) is 0 Å². The molecular formula is C35H66O4Si3. The molecule has 0 amide bonds. The first kappa shape index (κ1) is 36.2. The van der Waals surface area contributed by atoms with Crippen molar-refractivity contribution in [2.75, 3.05) is 6.61 Å². The fraction of sp³-hybridized carbons (Fsp3) is 0.829. The SMILES string of the molecule is C=C1/C(=C\C=C2/CCC[C@]3(C)[C@@H]([C@H](C)OCCC(C)(C)O[Si](C)(C)C)CC[C@@H]23)C[C@@H](O[Si](C)(C)C)C[C@@H]1O[Si](C)(C)C. The van der Waals surface area contributed by atoms with Crippen molar-refractivity contribution in [3.8, 4) is 0 Å². The van der Waals surface area contributed by atoms with Crippen molar-refractivity contribution in [3.05, 3.63) is 35.5 Å². The van der Waals surface area contributed by atoms with Crippen LogP contribution in [0.2, 0.25) is 58.9 Å². The van der Waals surface area contributed by atoms with Gasteiger partial charge in [-0.15, -0.1) is 0 Å². The number of rotatable bonds is 12. The van der Waals surface area contributed by atoms with Crippen LogP contribution in [0.5, 0.6) is 0 Å². The van der Waals surface area contributed by atoms with Crippen LogP contribution >= 0.6 is 0 Å². The molecule has 0 spiro atoms. The Morgan fingerprint density at radius 1 is 0.952 bits per heavy atom. The zero-order valence-electron chi connectivity index (χ0n) is 29.7. The van der Waals surface area contributed by atoms with E-state index in [9.17, 15) is 0 Å². The average molecular weight is 635 g/mol. The van der Waals surface area contributed by atoms with E-state index in [1.807, 2.05) is 0 Å². The highest BCUT2D eigenvalue weighted by Crippen LogP contribution is 2.58. The number of hydrogen-bond acceptors (Lipinski definition) is 4. The lowest BCUT2D eigenvalue weighted by atomic mass is 9.62. The molecule has 6 atom stereocenters. The molecule has 3 aliphatic rings. The second kappa shape index (κ2) is 13.6. The summed E-state index contributed by atoms with van der Waals surface area (Å²) in [6.45, 7) is 35.2. The molecule has 3 rings (SSSR count). The lowest BCUT2D eigenvalue weighted by Gasteiger charge is -2.44. The third-order valence-corrected chi connectivity index (χ3v) is 12.7. The van der Waals surface area contributed by atoms with Crippen molar-refractivity contribution in [1.82, 2.24) is 0 Å². The predicted molar refractivity (Wildman–Crippen MR) is 188 cm³/mol. The first-order valence-corrected chi connectivity index (χ1v) is 27.1. The summed E-state index contributed by atoms with van der Waals surface area (Å²) in [5, 5.41) is 0. The predicted octanol–water partition coefficient (Wildman–Crippen LogP) is 10.3. The van der Waals surface area contributed by atoms with Crippen molar-refractivity contribution in [2.24, 2.45) is 17.3 Å². The highest BCUT2D eigenvalue weighted by atomic mass is 28.4. The van der Waals surface area contributed by atoms with Gasteiger partial charge >= 0.3 is 0 Å². The van der Waals surface area contributed by atoms with Gasteiger partial charge in [0, 0.05) is 13.0 Å². The van der Waals surface area contributed by atoms with Crippen LogP contribution in [-0.4, -0.2) is 55.5 Å². The molecule has 0 bridgehead atoms. The molecule has 0 N–H and O–H groups in total. The first-order valence-electron chi connectivity index (χ1n) is 16.8. The zero-order chi connectivity index (χ0) is 31.7. The number of fused-ring (bicyclic) bond motifs is 1. The number of hydrogen-bond donors (Lipinski definition) is 0. The van der Waals surface area contributed by atoms with Gasteiger partial charge in [-0.25, -0.2) is 0 Å². The molecule has 0 aromatic carbocycles. The largest absolute Gasteiger partial charge is 0.414 e. The molecule has 3 saturated carbocycles. The molecule has 242 valence electrons. The Morgan fingerprint density at radius 2 is 1.60 bits per heavy atom. The highest BCUT2D eigenvalue weighted by Gasteiger charge is 2.51. The van der Waals surface area contributed by atoms with Crippen LogP contribution in [0.4, 0.5) is 0 Å². The quantitative estimate of drug-likeness (QED) is 0.200. The minimum atomic E-state index is -1.70. The van der Waals surface area contributed by atoms with Gasteiger partial charge in [0.1, 0.15) is 0 Å². The third-order valence-electron chi connectivity index (χ3n) is 9.51. The molecule has 4 nitrogen and oxygen atoms in total. The summed E-state index contributed by atoms with van der Waals surface area (Å²) in [5.74, 6) is 1.25. The minimum absolute atomic E-state index is 0.0722. The fourth-order valence-electron chi connectivity index (χ4n) is 8.10. The molecule has 42 heavy (non-hydrogen) atoms. The van der Waals surface area contributed by atoms with Crippen LogP contribution in [0.15, 0.2) is 35.5 Å². The monoisotopic (exact) mass is 634 g/mol. The van der Waals surface area contributed by atoms with Gasteiger partial charge in [-0.2, -0.15) is 0 Å². The van der Waals surface area contributed by atoms with Crippen LogP contribution in [0, 0.1) is 17.3 Å². The van der Waals surface area contributed by atoms with Gasteiger partial charge in [-0.1, -0.05) is 31.2 Å². The molecule has 0 aromatic rings. The van der Waals surface area contributed by atoms with E-state index in [0.717, 1.165) is 25.9 Å². The lowest BCUT2D eigenvalue weighted by molar-refractivity contribution is -0.0423. The van der Waals surface area contributed by atoms with Crippen LogP contribution in [0.1, 0.15) is 79.1 Å². The van der Waals surface area contributed by atoms with Gasteiger partial charge in [0.05, 0.1) is 23.9 Å². The minimum Gasteiger partial charge on any atom is -0.414 e. The van der Waals surface area contributed by atoms with Gasteiger partial charge in [-0.3, -0.25) is 0 Å². The Labute approximate surface area is 263 Å². The smallest absolute Gasteiger partial charge is 0.184 e. The van der Waals surface area contributed by atoms with E-state index < -0.39 is 25.0 Å². The number of ether oxygens (including phenoxy) is 1. The van der Waals surface area contributed by atoms with E-state index in [2.05, 4.69) is 105 Å². The second-order valence-corrected chi connectivity index (χ2v) is 30.7. The summed E-state index contributed by atoms with van der Waals surface area (Å²) < 4.78 is 26.3. The van der Waals surface area contributed by atoms with Crippen molar-refractivity contribution in [2.45, 2.75) is 162 Å². The summed E-state index contributed by atoms with van der Waals surface area (Å²) in [4.78, 5) is 0. The molecule has 0 unspecified atom stereocenters. The molecule has 7 heteroatoms. The molecule has 0 heterocycles. The fourth-order valence-corrected chi connectivity index (χ4v) is 12.1. The van der Waals surface area contributed by atoms with Crippen LogP contribution in [0.25, 0.3) is 0 Å². The standard InChI is InChI=1S/C35H66O4Si3/c1-26-29(24-30(37-40(6,7)8)25-33(26)38-41(9,10)11)18-17-28-16-15-21-35(5)31(19-20-32(28)35)27(2)36-23-22-34(3,4)39-42(12,13)14/h17-18,27,30-33H,1,15-16,19-25H2,2-14H3/b28-17+,29-18-/t27-,30+,31+,32-,33-,35+/m0/s1. The Bertz CT molecular complexity index is 997. The summed E-state index contributed by atoms with van der Waals surface area (Å²) in [5.41, 5.74) is 4.34. The van der Waals surface area contributed by atoms with E-state index >= 15 is 0 Å². The highest BCUT2D eigenvalue weighted by molar-refractivity contribution is 6.70. The summed E-state index contributed by atoms with van der Waals surface area (Å²) in [7, 11) is -4.93. The van der Waals surface area contributed by atoms with Crippen LogP contribution in [-0.2, 0) is 18.0 Å². The van der Waals surface area contributed by atoms with Gasteiger partial charge in [0.15, 0.2) is 25.0 Å². The van der Waals surface area contributed by atoms with E-state index in [1.165, 1.54) is 43.3 Å². The maximum Gasteiger partial charge on any atom is 0.184 e. The van der Waals surface area contributed by atoms with Crippen LogP contribution in [0.3, 0.4) is 0 Å².